The van der Waals surface area contributed by atoms with Gasteiger partial charge in [0.1, 0.15) is 17.5 Å². The van der Waals surface area contributed by atoms with Crippen LogP contribution in [0.4, 0.5) is 8.78 Å². The number of rotatable bonds is 8. The van der Waals surface area contributed by atoms with E-state index >= 15 is 0 Å². The summed E-state index contributed by atoms with van der Waals surface area (Å²) in [6.45, 7) is -0.978. The van der Waals surface area contributed by atoms with Gasteiger partial charge in [0.05, 0.1) is 30.6 Å². The molecule has 2 N–H and O–H groups in total. The molecule has 0 unspecified atom stereocenters. The van der Waals surface area contributed by atoms with Crippen LogP contribution < -0.4 is 10.3 Å². The predicted octanol–water partition coefficient (Wildman–Crippen LogP) is 2.70. The van der Waals surface area contributed by atoms with Crippen LogP contribution in [0.1, 0.15) is 24.0 Å². The standard InChI is InChI=1S/C26H27F2N5O4/c27-25(28)37-21-6-4-18(5-7-21)14-31-10-8-26(36,9-11-31)16-32-17-29-23-22(24(32)35)13-30-33(23)20-3-1-2-19(12-20)15-34/h1-7,12-13,17,25,34,36H,8-11,14-16H2. The Morgan fingerprint density at radius 1 is 1.08 bits per heavy atom. The van der Waals surface area contributed by atoms with Crippen LogP contribution in [-0.2, 0) is 19.7 Å². The van der Waals surface area contributed by atoms with Crippen molar-refractivity contribution >= 4 is 11.0 Å². The quantitative estimate of drug-likeness (QED) is 0.375. The average molecular weight is 512 g/mol. The lowest BCUT2D eigenvalue weighted by Crippen LogP contribution is -2.47. The zero-order valence-corrected chi connectivity index (χ0v) is 20.0. The fraction of sp³-hybridized carbons (Fsp3) is 0.346. The van der Waals surface area contributed by atoms with E-state index in [1.807, 2.05) is 6.07 Å². The second-order valence-corrected chi connectivity index (χ2v) is 9.32. The number of piperidine rings is 1. The molecule has 0 aliphatic carbocycles. The molecule has 1 aliphatic rings. The molecule has 1 saturated heterocycles. The highest BCUT2D eigenvalue weighted by Gasteiger charge is 2.33. The van der Waals surface area contributed by atoms with E-state index in [9.17, 15) is 23.8 Å². The molecule has 11 heteroatoms. The molecule has 1 fully saturated rings. The van der Waals surface area contributed by atoms with Crippen LogP contribution in [0, 0.1) is 0 Å². The van der Waals surface area contributed by atoms with Crippen LogP contribution in [0.25, 0.3) is 16.7 Å². The third-order valence-electron chi connectivity index (χ3n) is 6.70. The number of halogens is 2. The van der Waals surface area contributed by atoms with Crippen LogP contribution in [0.5, 0.6) is 5.75 Å². The first-order valence-electron chi connectivity index (χ1n) is 12.0. The average Bonchev–Trinajstić information content (AvgIpc) is 3.33. The van der Waals surface area contributed by atoms with Crippen LogP contribution in [0.3, 0.4) is 0 Å². The molecule has 0 spiro atoms. The van der Waals surface area contributed by atoms with E-state index in [0.29, 0.717) is 49.2 Å². The minimum atomic E-state index is -2.85. The van der Waals surface area contributed by atoms with Crippen molar-refractivity contribution in [2.45, 2.75) is 44.8 Å². The van der Waals surface area contributed by atoms with Gasteiger partial charge in [0.25, 0.3) is 5.56 Å². The number of benzene rings is 2. The van der Waals surface area contributed by atoms with Gasteiger partial charge in [0.15, 0.2) is 5.65 Å². The van der Waals surface area contributed by atoms with Crippen LogP contribution in [0.15, 0.2) is 65.8 Å². The number of alkyl halides is 2. The van der Waals surface area contributed by atoms with Crippen LogP contribution in [0.2, 0.25) is 0 Å². The van der Waals surface area contributed by atoms with Crippen molar-refractivity contribution < 1.29 is 23.7 Å². The molecule has 9 nitrogen and oxygen atoms in total. The number of hydrogen-bond acceptors (Lipinski definition) is 7. The molecule has 37 heavy (non-hydrogen) atoms. The van der Waals surface area contributed by atoms with E-state index in [-0.39, 0.29) is 24.5 Å². The molecule has 0 amide bonds. The molecule has 0 radical (unpaired) electrons. The van der Waals surface area contributed by atoms with E-state index in [4.69, 9.17) is 0 Å². The SMILES string of the molecule is O=c1c2cnn(-c3cccc(CO)c3)c2ncn1CC1(O)CCN(Cc2ccc(OC(F)F)cc2)CC1. The summed E-state index contributed by atoms with van der Waals surface area (Å²) >= 11 is 0. The third kappa shape index (κ3) is 5.53. The highest BCUT2D eigenvalue weighted by Crippen LogP contribution is 2.26. The monoisotopic (exact) mass is 511 g/mol. The van der Waals surface area contributed by atoms with Crippen molar-refractivity contribution in [3.05, 3.63) is 82.5 Å². The zero-order valence-electron chi connectivity index (χ0n) is 20.0. The van der Waals surface area contributed by atoms with E-state index in [1.165, 1.54) is 29.2 Å². The molecule has 194 valence electrons. The second kappa shape index (κ2) is 10.4. The number of ether oxygens (including phenoxy) is 1. The summed E-state index contributed by atoms with van der Waals surface area (Å²) < 4.78 is 32.0. The number of fused-ring (bicyclic) bond motifs is 1. The molecule has 0 bridgehead atoms. The summed E-state index contributed by atoms with van der Waals surface area (Å²) in [6.07, 6.45) is 3.84. The number of nitrogens with zero attached hydrogens (tertiary/aromatic N) is 5. The molecule has 0 saturated carbocycles. The summed E-state index contributed by atoms with van der Waals surface area (Å²) in [5.74, 6) is 0.118. The van der Waals surface area contributed by atoms with Gasteiger partial charge in [0.2, 0.25) is 0 Å². The first kappa shape index (κ1) is 25.0. The Morgan fingerprint density at radius 3 is 2.54 bits per heavy atom. The van der Waals surface area contributed by atoms with Crippen molar-refractivity contribution in [2.75, 3.05) is 13.1 Å². The molecule has 2 aromatic carbocycles. The normalized spacial score (nSPS) is 15.9. The lowest BCUT2D eigenvalue weighted by atomic mass is 9.91. The van der Waals surface area contributed by atoms with Gasteiger partial charge in [0, 0.05) is 19.6 Å². The molecule has 4 aromatic rings. The van der Waals surface area contributed by atoms with E-state index in [2.05, 4.69) is 19.7 Å². The maximum absolute atomic E-state index is 13.2. The van der Waals surface area contributed by atoms with Crippen molar-refractivity contribution in [3.63, 3.8) is 0 Å². The van der Waals surface area contributed by atoms with E-state index in [0.717, 1.165) is 11.1 Å². The number of aliphatic hydroxyl groups is 2. The summed E-state index contributed by atoms with van der Waals surface area (Å²) in [7, 11) is 0. The molecule has 3 heterocycles. The van der Waals surface area contributed by atoms with Crippen LogP contribution in [-0.4, -0.2) is 59.7 Å². The van der Waals surface area contributed by atoms with Gasteiger partial charge in [-0.05, 0) is 48.2 Å². The van der Waals surface area contributed by atoms with Crippen LogP contribution >= 0.6 is 0 Å². The Kier molecular flexibility index (Phi) is 7.00. The smallest absolute Gasteiger partial charge is 0.387 e. The van der Waals surface area contributed by atoms with Crippen molar-refractivity contribution in [3.8, 4) is 11.4 Å². The van der Waals surface area contributed by atoms with E-state index in [1.54, 1.807) is 35.0 Å². The molecular weight excluding hydrogens is 484 g/mol. The first-order chi connectivity index (χ1) is 17.8. The van der Waals surface area contributed by atoms with Gasteiger partial charge in [-0.3, -0.25) is 14.3 Å². The minimum absolute atomic E-state index is 0.105. The van der Waals surface area contributed by atoms with Gasteiger partial charge in [-0.1, -0.05) is 24.3 Å². The Hall–Kier alpha value is -3.67. The summed E-state index contributed by atoms with van der Waals surface area (Å²) in [5, 5.41) is 25.3. The number of aliphatic hydroxyl groups excluding tert-OH is 1. The summed E-state index contributed by atoms with van der Waals surface area (Å²) in [5.41, 5.74) is 1.43. The fourth-order valence-electron chi connectivity index (χ4n) is 4.67. The van der Waals surface area contributed by atoms with E-state index < -0.39 is 12.2 Å². The number of likely N-dealkylation sites (tertiary alicyclic amines) is 1. The molecule has 1 aliphatic heterocycles. The Bertz CT molecular complexity index is 1430. The number of aromatic nitrogens is 4. The topological polar surface area (TPSA) is 106 Å². The lowest BCUT2D eigenvalue weighted by molar-refractivity contribution is -0.0498. The minimum Gasteiger partial charge on any atom is -0.435 e. The van der Waals surface area contributed by atoms with Gasteiger partial charge < -0.3 is 14.9 Å². The molecular formula is C26H27F2N5O4. The fourth-order valence-corrected chi connectivity index (χ4v) is 4.67. The number of hydrogen-bond donors (Lipinski definition) is 2. The van der Waals surface area contributed by atoms with Gasteiger partial charge in [-0.2, -0.15) is 13.9 Å². The lowest BCUT2D eigenvalue weighted by Gasteiger charge is -2.38. The molecule has 5 rings (SSSR count). The zero-order chi connectivity index (χ0) is 26.0. The Labute approximate surface area is 211 Å². The Balaban J connectivity index is 1.25. The summed E-state index contributed by atoms with van der Waals surface area (Å²) in [6, 6.07) is 13.7. The third-order valence-corrected chi connectivity index (χ3v) is 6.70. The van der Waals surface area contributed by atoms with Gasteiger partial charge in [-0.15, -0.1) is 0 Å². The van der Waals surface area contributed by atoms with Gasteiger partial charge >= 0.3 is 6.61 Å². The predicted molar refractivity (Wildman–Crippen MR) is 132 cm³/mol. The van der Waals surface area contributed by atoms with Crippen molar-refractivity contribution in [1.82, 2.24) is 24.2 Å². The van der Waals surface area contributed by atoms with Gasteiger partial charge in [-0.25, -0.2) is 9.67 Å². The largest absolute Gasteiger partial charge is 0.435 e. The van der Waals surface area contributed by atoms with Crippen molar-refractivity contribution in [1.29, 1.82) is 0 Å². The molecule has 0 atom stereocenters. The highest BCUT2D eigenvalue weighted by molar-refractivity contribution is 5.75. The Morgan fingerprint density at radius 2 is 1.84 bits per heavy atom. The molecule has 2 aromatic heterocycles. The maximum atomic E-state index is 13.2. The second-order valence-electron chi connectivity index (χ2n) is 9.32. The highest BCUT2D eigenvalue weighted by atomic mass is 19.3. The first-order valence-corrected chi connectivity index (χ1v) is 12.0. The maximum Gasteiger partial charge on any atom is 0.387 e. The summed E-state index contributed by atoms with van der Waals surface area (Å²) in [4.78, 5) is 19.8. The van der Waals surface area contributed by atoms with Crippen molar-refractivity contribution in [2.24, 2.45) is 0 Å².